The molecule has 0 unspecified atom stereocenters. The summed E-state index contributed by atoms with van der Waals surface area (Å²) in [6.07, 6.45) is 11.8. The number of aromatic nitrogens is 6. The van der Waals surface area contributed by atoms with E-state index >= 15 is 0 Å². The van der Waals surface area contributed by atoms with Gasteiger partial charge in [0, 0.05) is 34.4 Å². The summed E-state index contributed by atoms with van der Waals surface area (Å²) in [6.45, 7) is 6.55. The van der Waals surface area contributed by atoms with E-state index in [0.29, 0.717) is 29.1 Å². The van der Waals surface area contributed by atoms with Crippen LogP contribution in [0.15, 0.2) is 72.4 Å². The van der Waals surface area contributed by atoms with Gasteiger partial charge in [-0.25, -0.2) is 9.37 Å². The van der Waals surface area contributed by atoms with Crippen LogP contribution in [0.5, 0.6) is 0 Å². The maximum absolute atomic E-state index is 13.9. The summed E-state index contributed by atoms with van der Waals surface area (Å²) in [7, 11) is 0. The van der Waals surface area contributed by atoms with Crippen molar-refractivity contribution in [3.63, 3.8) is 0 Å². The fourth-order valence-electron chi connectivity index (χ4n) is 4.29. The van der Waals surface area contributed by atoms with Gasteiger partial charge in [-0.3, -0.25) is 20.1 Å². The van der Waals surface area contributed by atoms with Crippen LogP contribution < -0.4 is 15.9 Å². The molecule has 8 nitrogen and oxygen atoms in total. The normalized spacial score (nSPS) is 12.8. The fourth-order valence-corrected chi connectivity index (χ4v) is 4.29. The van der Waals surface area contributed by atoms with Crippen molar-refractivity contribution in [2.75, 3.05) is 11.9 Å². The highest BCUT2D eigenvalue weighted by molar-refractivity contribution is 6.21. The predicted octanol–water partition coefficient (Wildman–Crippen LogP) is 3.95. The lowest BCUT2D eigenvalue weighted by Crippen LogP contribution is -2.24. The van der Waals surface area contributed by atoms with Gasteiger partial charge < -0.3 is 10.3 Å². The van der Waals surface area contributed by atoms with Crippen LogP contribution in [-0.2, 0) is 0 Å². The summed E-state index contributed by atoms with van der Waals surface area (Å²) >= 11 is 0. The summed E-state index contributed by atoms with van der Waals surface area (Å²) in [5, 5.41) is 12.7. The smallest absolute Gasteiger partial charge is 0.159 e. The molecule has 182 valence electrons. The highest BCUT2D eigenvalue weighted by Gasteiger charge is 2.16. The van der Waals surface area contributed by atoms with Gasteiger partial charge in [-0.2, -0.15) is 5.10 Å². The molecule has 3 N–H and O–H groups in total. The zero-order chi connectivity index (χ0) is 25.4. The van der Waals surface area contributed by atoms with Crippen LogP contribution in [0.3, 0.4) is 0 Å². The zero-order valence-corrected chi connectivity index (χ0v) is 20.1. The van der Waals surface area contributed by atoms with Crippen LogP contribution >= 0.6 is 0 Å². The van der Waals surface area contributed by atoms with Crippen molar-refractivity contribution >= 4 is 34.6 Å². The summed E-state index contributed by atoms with van der Waals surface area (Å²) in [5.41, 5.74) is 6.96. The van der Waals surface area contributed by atoms with Crippen molar-refractivity contribution in [1.82, 2.24) is 30.1 Å². The van der Waals surface area contributed by atoms with Crippen LogP contribution in [-0.4, -0.2) is 42.4 Å². The first-order valence-corrected chi connectivity index (χ1v) is 11.9. The number of rotatable bonds is 6. The van der Waals surface area contributed by atoms with Gasteiger partial charge in [0.2, 0.25) is 0 Å². The molecule has 0 radical (unpaired) electrons. The molecule has 0 fully saturated rings. The second-order valence-electron chi connectivity index (χ2n) is 8.70. The van der Waals surface area contributed by atoms with Crippen molar-refractivity contribution in [1.29, 1.82) is 0 Å². The fraction of sp³-hybridized carbons (Fsp3) is 0.107. The number of imidazole rings is 1. The summed E-state index contributed by atoms with van der Waals surface area (Å²) in [5.74, 6) is 0.268. The van der Waals surface area contributed by atoms with Gasteiger partial charge in [0.05, 0.1) is 46.7 Å². The van der Waals surface area contributed by atoms with Crippen LogP contribution in [0.2, 0.25) is 0 Å². The Hall–Kier alpha value is -4.92. The molecular weight excluding hydrogens is 467 g/mol. The number of allylic oxidation sites excluding steroid dienone is 1. The number of aromatic amines is 2. The Morgan fingerprint density at radius 3 is 2.86 bits per heavy atom. The van der Waals surface area contributed by atoms with Gasteiger partial charge in [0.1, 0.15) is 11.5 Å². The van der Waals surface area contributed by atoms with E-state index in [0.717, 1.165) is 50.7 Å². The highest BCUT2D eigenvalue weighted by atomic mass is 19.1. The molecule has 0 amide bonds. The molecule has 5 heterocycles. The third kappa shape index (κ3) is 4.31. The molecule has 0 saturated heterocycles. The number of pyridine rings is 2. The number of anilines is 1. The second-order valence-corrected chi connectivity index (χ2v) is 8.70. The lowest BCUT2D eigenvalue weighted by Gasteiger charge is -2.08. The Morgan fingerprint density at radius 2 is 2.00 bits per heavy atom. The topological polar surface area (TPSA) is 108 Å². The average Bonchev–Trinajstić information content (AvgIpc) is 3.46. The second kappa shape index (κ2) is 9.27. The van der Waals surface area contributed by atoms with Crippen LogP contribution in [0.1, 0.15) is 18.9 Å². The summed E-state index contributed by atoms with van der Waals surface area (Å²) in [4.78, 5) is 21.6. The number of aliphatic imine (C=N–C) groups is 1. The molecule has 0 spiro atoms. The molecule has 4 aromatic heterocycles. The Labute approximate surface area is 211 Å². The minimum atomic E-state index is -0.312. The van der Waals surface area contributed by atoms with Crippen molar-refractivity contribution in [3.05, 3.63) is 89.3 Å². The van der Waals surface area contributed by atoms with E-state index in [4.69, 9.17) is 9.98 Å². The number of hydrogen-bond acceptors (Lipinski definition) is 6. The van der Waals surface area contributed by atoms with Gasteiger partial charge in [-0.05, 0) is 42.3 Å². The molecule has 9 heteroatoms. The first-order valence-electron chi connectivity index (χ1n) is 11.9. The molecule has 0 aliphatic carbocycles. The first-order chi connectivity index (χ1) is 18.1. The van der Waals surface area contributed by atoms with E-state index < -0.39 is 0 Å². The van der Waals surface area contributed by atoms with E-state index in [1.54, 1.807) is 30.9 Å². The number of halogens is 1. The largest absolute Gasteiger partial charge is 0.358 e. The van der Waals surface area contributed by atoms with Crippen LogP contribution in [0.4, 0.5) is 10.1 Å². The lowest BCUT2D eigenvalue weighted by atomic mass is 10.1. The number of hydrogen-bond donors (Lipinski definition) is 3. The Bertz CT molecular complexity index is 1810. The third-order valence-electron chi connectivity index (χ3n) is 6.21. The van der Waals surface area contributed by atoms with E-state index in [2.05, 4.69) is 37.0 Å². The molecule has 1 aliphatic rings. The molecule has 5 aromatic rings. The maximum atomic E-state index is 13.9. The van der Waals surface area contributed by atoms with Crippen molar-refractivity contribution in [3.8, 4) is 22.6 Å². The number of nitrogens with one attached hydrogen (secondary N) is 3. The number of H-pyrrole nitrogens is 2. The van der Waals surface area contributed by atoms with Crippen molar-refractivity contribution in [2.45, 2.75) is 13.3 Å². The Balaban J connectivity index is 1.44. The monoisotopic (exact) mass is 490 g/mol. The molecule has 0 atom stereocenters. The maximum Gasteiger partial charge on any atom is 0.159 e. The number of nitrogens with zero attached hydrogens (tertiary/aromatic N) is 5. The third-order valence-corrected chi connectivity index (χ3v) is 6.21. The first kappa shape index (κ1) is 22.5. The molecule has 1 aromatic carbocycles. The molecule has 0 saturated carbocycles. The molecule has 0 bridgehead atoms. The number of benzene rings is 1. The van der Waals surface area contributed by atoms with Crippen LogP contribution in [0, 0.1) is 5.82 Å². The van der Waals surface area contributed by atoms with E-state index in [1.165, 1.54) is 12.1 Å². The van der Waals surface area contributed by atoms with Gasteiger partial charge in [0.25, 0.3) is 0 Å². The zero-order valence-electron chi connectivity index (χ0n) is 20.1. The SMILES string of the molecule is C=C(CC)Nc1cncc(C2=NCC=c3[nH]nc(-c4nc5c(-c6cccc(F)c6)cncc5[nH]4)c3=C2)c1. The van der Waals surface area contributed by atoms with E-state index in [9.17, 15) is 4.39 Å². The standard InChI is InChI=1S/C28H23FN8/c1-3-16(2)33-20-10-18(12-30-13-20)24-11-21-23(7-8-32-24)36-37-27(21)28-34-25-15-31-14-22(26(25)35-28)17-5-4-6-19(29)9-17/h4-7,9-15,33,36H,2-3,8H2,1H3,(H,34,35). The predicted molar refractivity (Wildman–Crippen MR) is 144 cm³/mol. The summed E-state index contributed by atoms with van der Waals surface area (Å²) in [6, 6.07) is 8.41. The quantitative estimate of drug-likeness (QED) is 0.334. The van der Waals surface area contributed by atoms with Gasteiger partial charge in [0.15, 0.2) is 5.82 Å². The van der Waals surface area contributed by atoms with Gasteiger partial charge in [-0.1, -0.05) is 25.6 Å². The van der Waals surface area contributed by atoms with E-state index in [-0.39, 0.29) is 5.82 Å². The lowest BCUT2D eigenvalue weighted by molar-refractivity contribution is 0.628. The molecule has 37 heavy (non-hydrogen) atoms. The summed E-state index contributed by atoms with van der Waals surface area (Å²) < 4.78 is 13.9. The van der Waals surface area contributed by atoms with Crippen LogP contribution in [0.25, 0.3) is 45.8 Å². The highest BCUT2D eigenvalue weighted by Crippen LogP contribution is 2.28. The Morgan fingerprint density at radius 1 is 1.11 bits per heavy atom. The number of fused-ring (bicyclic) bond motifs is 2. The molecular formula is C28H23FN8. The Kier molecular flexibility index (Phi) is 5.65. The minimum Gasteiger partial charge on any atom is -0.358 e. The minimum absolute atomic E-state index is 0.312. The molecule has 6 rings (SSSR count). The van der Waals surface area contributed by atoms with E-state index in [1.807, 2.05) is 31.2 Å². The van der Waals surface area contributed by atoms with Crippen molar-refractivity contribution in [2.24, 2.45) is 4.99 Å². The van der Waals surface area contributed by atoms with Crippen molar-refractivity contribution < 1.29 is 4.39 Å². The van der Waals surface area contributed by atoms with Gasteiger partial charge >= 0.3 is 0 Å². The van der Waals surface area contributed by atoms with Gasteiger partial charge in [-0.15, -0.1) is 0 Å². The molecule has 1 aliphatic heterocycles. The average molecular weight is 491 g/mol.